The average molecular weight is 272 g/mol. The summed E-state index contributed by atoms with van der Waals surface area (Å²) >= 11 is 3.55. The monoisotopic (exact) mass is 271 g/mol. The largest absolute Gasteiger partial charge is 0.331 e. The number of hydrogen-bond donors (Lipinski definition) is 1. The van der Waals surface area contributed by atoms with Crippen molar-refractivity contribution < 1.29 is 0 Å². The molecule has 0 bridgehead atoms. The van der Waals surface area contributed by atoms with Crippen molar-refractivity contribution in [3.05, 3.63) is 16.1 Å². The molecule has 15 heavy (non-hydrogen) atoms. The molecule has 84 valence electrons. The molecule has 0 amide bonds. The Morgan fingerprint density at radius 1 is 1.60 bits per heavy atom. The first-order chi connectivity index (χ1) is 7.26. The van der Waals surface area contributed by atoms with E-state index in [0.717, 1.165) is 42.9 Å². The molecule has 0 aromatic carbocycles. The third-order valence-electron chi connectivity index (χ3n) is 3.22. The molecule has 0 radical (unpaired) electrons. The normalized spacial score (nSPS) is 20.3. The Kier molecular flexibility index (Phi) is 3.46. The Bertz CT molecular complexity index is 346. The molecule has 4 heteroatoms. The SMILES string of the molecule is CCc1nc(Br)c2n1CC(CCN)CC2. The van der Waals surface area contributed by atoms with Crippen LogP contribution in [-0.4, -0.2) is 16.1 Å². The minimum atomic E-state index is 0.744. The summed E-state index contributed by atoms with van der Waals surface area (Å²) in [5, 5.41) is 0. The van der Waals surface area contributed by atoms with E-state index in [9.17, 15) is 0 Å². The standard InChI is InChI=1S/C11H18BrN3/c1-2-10-14-11(12)9-4-3-8(5-6-13)7-15(9)10/h8H,2-7,13H2,1H3. The van der Waals surface area contributed by atoms with E-state index >= 15 is 0 Å². The van der Waals surface area contributed by atoms with Gasteiger partial charge in [-0.1, -0.05) is 6.92 Å². The zero-order valence-electron chi connectivity index (χ0n) is 9.17. The van der Waals surface area contributed by atoms with E-state index < -0.39 is 0 Å². The van der Waals surface area contributed by atoms with E-state index in [-0.39, 0.29) is 0 Å². The number of halogens is 1. The maximum Gasteiger partial charge on any atom is 0.127 e. The van der Waals surface area contributed by atoms with Crippen LogP contribution in [-0.2, 0) is 19.4 Å². The van der Waals surface area contributed by atoms with Gasteiger partial charge in [0.05, 0.1) is 5.69 Å². The molecule has 0 saturated carbocycles. The summed E-state index contributed by atoms with van der Waals surface area (Å²) in [6.07, 6.45) is 4.54. The number of aromatic nitrogens is 2. The van der Waals surface area contributed by atoms with E-state index in [1.165, 1.54) is 17.9 Å². The van der Waals surface area contributed by atoms with Gasteiger partial charge in [-0.25, -0.2) is 4.98 Å². The predicted molar refractivity (Wildman–Crippen MR) is 64.8 cm³/mol. The Labute approximate surface area is 99.2 Å². The van der Waals surface area contributed by atoms with Crippen LogP contribution in [0.1, 0.15) is 31.3 Å². The quantitative estimate of drug-likeness (QED) is 0.916. The van der Waals surface area contributed by atoms with Crippen LogP contribution in [0.3, 0.4) is 0 Å². The number of rotatable bonds is 3. The van der Waals surface area contributed by atoms with Crippen LogP contribution in [0.15, 0.2) is 4.60 Å². The Balaban J connectivity index is 2.23. The van der Waals surface area contributed by atoms with Crippen LogP contribution >= 0.6 is 15.9 Å². The fourth-order valence-electron chi connectivity index (χ4n) is 2.39. The summed E-state index contributed by atoms with van der Waals surface area (Å²) in [6, 6.07) is 0. The smallest absolute Gasteiger partial charge is 0.127 e. The number of nitrogens with zero attached hydrogens (tertiary/aromatic N) is 2. The number of imidazole rings is 1. The lowest BCUT2D eigenvalue weighted by molar-refractivity contribution is 0.346. The summed E-state index contributed by atoms with van der Waals surface area (Å²) in [5.74, 6) is 1.95. The Hall–Kier alpha value is -0.350. The van der Waals surface area contributed by atoms with Crippen LogP contribution in [0.2, 0.25) is 0 Å². The zero-order valence-corrected chi connectivity index (χ0v) is 10.8. The summed E-state index contributed by atoms with van der Waals surface area (Å²) in [4.78, 5) is 4.55. The highest BCUT2D eigenvalue weighted by Gasteiger charge is 2.23. The fraction of sp³-hybridized carbons (Fsp3) is 0.727. The summed E-state index contributed by atoms with van der Waals surface area (Å²) in [5.41, 5.74) is 7.00. The molecule has 0 spiro atoms. The van der Waals surface area contributed by atoms with E-state index in [2.05, 4.69) is 32.4 Å². The van der Waals surface area contributed by atoms with Crippen LogP contribution in [0, 0.1) is 5.92 Å². The van der Waals surface area contributed by atoms with E-state index in [1.54, 1.807) is 0 Å². The number of nitrogens with two attached hydrogens (primary N) is 1. The molecular weight excluding hydrogens is 254 g/mol. The topological polar surface area (TPSA) is 43.8 Å². The first-order valence-electron chi connectivity index (χ1n) is 5.70. The van der Waals surface area contributed by atoms with Crippen molar-refractivity contribution in [2.75, 3.05) is 6.54 Å². The van der Waals surface area contributed by atoms with Gasteiger partial charge < -0.3 is 10.3 Å². The van der Waals surface area contributed by atoms with Gasteiger partial charge in [-0.15, -0.1) is 0 Å². The number of fused-ring (bicyclic) bond motifs is 1. The Morgan fingerprint density at radius 2 is 2.40 bits per heavy atom. The molecule has 1 aromatic heterocycles. The van der Waals surface area contributed by atoms with Crippen LogP contribution < -0.4 is 5.73 Å². The minimum Gasteiger partial charge on any atom is -0.331 e. The van der Waals surface area contributed by atoms with Gasteiger partial charge in [0, 0.05) is 13.0 Å². The van der Waals surface area contributed by atoms with Crippen LogP contribution in [0.5, 0.6) is 0 Å². The molecule has 0 fully saturated rings. The van der Waals surface area contributed by atoms with Crippen molar-refractivity contribution in [2.24, 2.45) is 11.7 Å². The summed E-state index contributed by atoms with van der Waals surface area (Å²) in [6.45, 7) is 4.07. The molecule has 1 unspecified atom stereocenters. The predicted octanol–water partition coefficient (Wildman–Crippen LogP) is 2.12. The van der Waals surface area contributed by atoms with Crippen molar-refractivity contribution >= 4 is 15.9 Å². The molecule has 1 aliphatic rings. The van der Waals surface area contributed by atoms with Crippen molar-refractivity contribution in [3.63, 3.8) is 0 Å². The molecule has 0 aliphatic carbocycles. The van der Waals surface area contributed by atoms with Crippen molar-refractivity contribution in [1.82, 2.24) is 9.55 Å². The molecule has 1 atom stereocenters. The van der Waals surface area contributed by atoms with Crippen LogP contribution in [0.25, 0.3) is 0 Å². The first-order valence-corrected chi connectivity index (χ1v) is 6.49. The van der Waals surface area contributed by atoms with Crippen molar-refractivity contribution in [2.45, 2.75) is 39.2 Å². The number of hydrogen-bond acceptors (Lipinski definition) is 2. The minimum absolute atomic E-state index is 0.744. The summed E-state index contributed by atoms with van der Waals surface area (Å²) < 4.78 is 3.43. The molecule has 2 rings (SSSR count). The Morgan fingerprint density at radius 3 is 3.07 bits per heavy atom. The maximum absolute atomic E-state index is 5.62. The third kappa shape index (κ3) is 2.11. The molecule has 0 saturated heterocycles. The maximum atomic E-state index is 5.62. The van der Waals surface area contributed by atoms with Gasteiger partial charge in [-0.05, 0) is 47.7 Å². The lowest BCUT2D eigenvalue weighted by atomic mass is 9.95. The molecule has 1 aromatic rings. The highest BCUT2D eigenvalue weighted by Crippen LogP contribution is 2.28. The molecule has 3 nitrogen and oxygen atoms in total. The first kappa shape index (κ1) is 11.1. The molecule has 2 heterocycles. The average Bonchev–Trinajstić information content (AvgIpc) is 2.56. The molecule has 1 aliphatic heterocycles. The molecular formula is C11H18BrN3. The van der Waals surface area contributed by atoms with Gasteiger partial charge in [0.15, 0.2) is 0 Å². The van der Waals surface area contributed by atoms with E-state index in [0.29, 0.717) is 0 Å². The van der Waals surface area contributed by atoms with Gasteiger partial charge in [-0.2, -0.15) is 0 Å². The van der Waals surface area contributed by atoms with Gasteiger partial charge in [0.25, 0.3) is 0 Å². The second-order valence-corrected chi connectivity index (χ2v) is 4.96. The van der Waals surface area contributed by atoms with Gasteiger partial charge in [0.1, 0.15) is 10.4 Å². The van der Waals surface area contributed by atoms with Crippen molar-refractivity contribution in [1.29, 1.82) is 0 Å². The van der Waals surface area contributed by atoms with E-state index in [1.807, 2.05) is 0 Å². The highest BCUT2D eigenvalue weighted by molar-refractivity contribution is 9.10. The second-order valence-electron chi connectivity index (χ2n) is 4.21. The lowest BCUT2D eigenvalue weighted by Gasteiger charge is -2.25. The zero-order chi connectivity index (χ0) is 10.8. The number of aryl methyl sites for hydroxylation is 1. The second kappa shape index (κ2) is 4.66. The molecule has 2 N–H and O–H groups in total. The van der Waals surface area contributed by atoms with E-state index in [4.69, 9.17) is 5.73 Å². The van der Waals surface area contributed by atoms with Crippen molar-refractivity contribution in [3.8, 4) is 0 Å². The highest BCUT2D eigenvalue weighted by atomic mass is 79.9. The summed E-state index contributed by atoms with van der Waals surface area (Å²) in [7, 11) is 0. The van der Waals surface area contributed by atoms with Crippen LogP contribution in [0.4, 0.5) is 0 Å². The van der Waals surface area contributed by atoms with Gasteiger partial charge in [0.2, 0.25) is 0 Å². The lowest BCUT2D eigenvalue weighted by Crippen LogP contribution is -2.23. The third-order valence-corrected chi connectivity index (χ3v) is 3.86. The van der Waals surface area contributed by atoms with Gasteiger partial charge >= 0.3 is 0 Å². The van der Waals surface area contributed by atoms with Gasteiger partial charge in [-0.3, -0.25) is 0 Å². The fourth-order valence-corrected chi connectivity index (χ4v) is 3.01.